The van der Waals surface area contributed by atoms with Crippen molar-refractivity contribution in [1.29, 1.82) is 0 Å². The first-order valence-corrected chi connectivity index (χ1v) is 38.1. The Labute approximate surface area is 620 Å². The minimum absolute atomic E-state index is 0.247. The maximum atomic E-state index is 2.74. The van der Waals surface area contributed by atoms with Crippen LogP contribution >= 0.6 is 0 Å². The summed E-state index contributed by atoms with van der Waals surface area (Å²) in [6, 6.07) is 119. The first kappa shape index (κ1) is 61.6. The summed E-state index contributed by atoms with van der Waals surface area (Å²) in [5, 5.41) is 20.1. The van der Waals surface area contributed by atoms with Gasteiger partial charge in [0.2, 0.25) is 0 Å². The van der Waals surface area contributed by atoms with E-state index in [2.05, 4.69) is 382 Å². The van der Waals surface area contributed by atoms with Crippen LogP contribution in [-0.2, 0) is 21.7 Å². The lowest BCUT2D eigenvalue weighted by atomic mass is 9.39. The molecule has 22 rings (SSSR count). The Bertz CT molecular complexity index is 6440. The molecule has 4 aliphatic carbocycles. The fraction of sp³-hybridized carbons (Fsp3) is 0.154. The van der Waals surface area contributed by atoms with E-state index in [1.165, 1.54) is 175 Å². The van der Waals surface area contributed by atoms with Gasteiger partial charge in [0.25, 0.3) is 0 Å². The molecule has 0 radical (unpaired) electrons. The van der Waals surface area contributed by atoms with Crippen molar-refractivity contribution in [2.75, 3.05) is 9.80 Å². The molecule has 0 heterocycles. The molecule has 106 heavy (non-hydrogen) atoms. The molecule has 0 aliphatic heterocycles. The highest BCUT2D eigenvalue weighted by molar-refractivity contribution is 6.28. The Kier molecular flexibility index (Phi) is 12.2. The second-order valence-corrected chi connectivity index (χ2v) is 34.2. The van der Waals surface area contributed by atoms with Gasteiger partial charge in [0.05, 0.1) is 22.7 Å². The van der Waals surface area contributed by atoms with Gasteiger partial charge < -0.3 is 9.80 Å². The molecule has 2 unspecified atom stereocenters. The van der Waals surface area contributed by atoms with Gasteiger partial charge in [0.15, 0.2) is 0 Å². The fourth-order valence-corrected chi connectivity index (χ4v) is 22.5. The summed E-state index contributed by atoms with van der Waals surface area (Å²) in [5.74, 6) is 0. The molecule has 0 fully saturated rings. The number of hydrogen-bond acceptors (Lipinski definition) is 2. The predicted molar refractivity (Wildman–Crippen MR) is 451 cm³/mol. The van der Waals surface area contributed by atoms with E-state index in [9.17, 15) is 0 Å². The van der Waals surface area contributed by atoms with Crippen molar-refractivity contribution in [2.24, 2.45) is 10.8 Å². The van der Waals surface area contributed by atoms with Gasteiger partial charge in [0, 0.05) is 54.6 Å². The summed E-state index contributed by atoms with van der Waals surface area (Å²) in [5.41, 5.74) is 25.2. The van der Waals surface area contributed by atoms with Gasteiger partial charge in [-0.3, -0.25) is 0 Å². The van der Waals surface area contributed by atoms with E-state index in [1.54, 1.807) is 0 Å². The quantitative estimate of drug-likeness (QED) is 0.147. The van der Waals surface area contributed by atoms with Crippen LogP contribution in [0.2, 0.25) is 0 Å². The third kappa shape index (κ3) is 7.61. The molecule has 4 aliphatic rings. The Morgan fingerprint density at radius 3 is 0.915 bits per heavy atom. The van der Waals surface area contributed by atoms with E-state index in [4.69, 9.17) is 0 Å². The zero-order chi connectivity index (χ0) is 71.4. The Morgan fingerprint density at radius 2 is 0.528 bits per heavy atom. The van der Waals surface area contributed by atoms with Gasteiger partial charge in [-0.1, -0.05) is 324 Å². The average molecular weight is 1360 g/mol. The summed E-state index contributed by atoms with van der Waals surface area (Å²) in [4.78, 5) is 5.39. The first-order valence-electron chi connectivity index (χ1n) is 38.1. The van der Waals surface area contributed by atoms with Crippen molar-refractivity contribution in [3.63, 3.8) is 0 Å². The van der Waals surface area contributed by atoms with Crippen LogP contribution in [0.5, 0.6) is 0 Å². The molecule has 2 nitrogen and oxygen atoms in total. The smallest absolute Gasteiger partial charge is 0.0543 e. The molecule has 2 atom stereocenters. The Morgan fingerprint density at radius 1 is 0.217 bits per heavy atom. The number of benzene rings is 18. The SMILES string of the molecule is CC1(C)c2ccccc2-c2ccc(N(c3cc4c(c5ccccc35)-c3ccccc3C4(C(C)(C)C)C3(C(C)(C)C)c4ccccc4-c4c3cc(N(c3ccc5c(c3)C(C)(C)c3ccccc3-5)c3ccc5ccc6cccc7ccc3c5c67)c3ccccc43)c3ccc4ccc5cccc6ccc3c4c56)cc21. The van der Waals surface area contributed by atoms with E-state index in [0.29, 0.717) is 0 Å². The van der Waals surface area contributed by atoms with Gasteiger partial charge in [-0.15, -0.1) is 0 Å². The van der Waals surface area contributed by atoms with Crippen LogP contribution < -0.4 is 9.80 Å². The van der Waals surface area contributed by atoms with Gasteiger partial charge in [-0.25, -0.2) is 0 Å². The van der Waals surface area contributed by atoms with Crippen LogP contribution in [0, 0.1) is 10.8 Å². The van der Waals surface area contributed by atoms with Crippen molar-refractivity contribution >= 4 is 120 Å². The minimum atomic E-state index is -0.791. The van der Waals surface area contributed by atoms with Crippen LogP contribution in [-0.4, -0.2) is 0 Å². The zero-order valence-corrected chi connectivity index (χ0v) is 61.8. The number of fused-ring (bicyclic) bond motifs is 16. The fourth-order valence-electron chi connectivity index (χ4n) is 22.5. The molecule has 18 aromatic rings. The third-order valence-electron chi connectivity index (χ3n) is 26.5. The summed E-state index contributed by atoms with van der Waals surface area (Å²) in [6.45, 7) is 25.2. The van der Waals surface area contributed by atoms with Gasteiger partial charge >= 0.3 is 0 Å². The van der Waals surface area contributed by atoms with E-state index in [1.807, 2.05) is 0 Å². The van der Waals surface area contributed by atoms with Crippen LogP contribution in [0.1, 0.15) is 114 Å². The van der Waals surface area contributed by atoms with E-state index in [-0.39, 0.29) is 10.8 Å². The van der Waals surface area contributed by atoms with Crippen LogP contribution in [0.3, 0.4) is 0 Å². The summed E-state index contributed by atoms with van der Waals surface area (Å²) in [7, 11) is 0. The summed E-state index contributed by atoms with van der Waals surface area (Å²) >= 11 is 0. The molecule has 506 valence electrons. The van der Waals surface area contributed by atoms with Crippen LogP contribution in [0.4, 0.5) is 34.1 Å². The number of hydrogen-bond donors (Lipinski definition) is 0. The molecule has 0 N–H and O–H groups in total. The lowest BCUT2D eigenvalue weighted by Crippen LogP contribution is -2.62. The zero-order valence-electron chi connectivity index (χ0n) is 61.8. The number of anilines is 6. The van der Waals surface area contributed by atoms with Crippen LogP contribution in [0.25, 0.3) is 131 Å². The van der Waals surface area contributed by atoms with Crippen molar-refractivity contribution < 1.29 is 0 Å². The maximum absolute atomic E-state index is 2.74. The highest BCUT2D eigenvalue weighted by Gasteiger charge is 2.71. The Balaban J connectivity index is 0.880. The van der Waals surface area contributed by atoms with Gasteiger partial charge in [-0.2, -0.15) is 0 Å². The number of rotatable bonds is 7. The second kappa shape index (κ2) is 21.0. The second-order valence-electron chi connectivity index (χ2n) is 34.2. The monoisotopic (exact) mass is 1360 g/mol. The largest absolute Gasteiger partial charge is 0.309 e. The molecular weight excluding hydrogens is 1280 g/mol. The molecule has 0 spiro atoms. The molecule has 0 saturated carbocycles. The molecule has 0 aromatic heterocycles. The lowest BCUT2D eigenvalue weighted by molar-refractivity contribution is 0.0595. The topological polar surface area (TPSA) is 6.48 Å². The minimum Gasteiger partial charge on any atom is -0.309 e. The summed E-state index contributed by atoms with van der Waals surface area (Å²) in [6.07, 6.45) is 0. The van der Waals surface area contributed by atoms with Gasteiger partial charge in [-0.05, 0) is 213 Å². The normalized spacial score (nSPS) is 17.2. The summed E-state index contributed by atoms with van der Waals surface area (Å²) < 4.78 is 0. The first-order chi connectivity index (χ1) is 51.4. The van der Waals surface area contributed by atoms with E-state index in [0.717, 1.165) is 34.1 Å². The Hall–Kier alpha value is -11.8. The van der Waals surface area contributed by atoms with Crippen molar-refractivity contribution in [3.8, 4) is 44.5 Å². The highest BCUT2D eigenvalue weighted by atomic mass is 15.2. The molecule has 18 aromatic carbocycles. The molecule has 0 bridgehead atoms. The van der Waals surface area contributed by atoms with Crippen molar-refractivity contribution in [1.82, 2.24) is 0 Å². The maximum Gasteiger partial charge on any atom is 0.0543 e. The third-order valence-corrected chi connectivity index (χ3v) is 26.5. The van der Waals surface area contributed by atoms with Crippen molar-refractivity contribution in [2.45, 2.75) is 90.9 Å². The molecular formula is C104H80N2. The molecule has 0 saturated heterocycles. The lowest BCUT2D eigenvalue weighted by Gasteiger charge is -2.62. The van der Waals surface area contributed by atoms with Crippen LogP contribution in [0.15, 0.2) is 303 Å². The molecule has 2 heteroatoms. The highest BCUT2D eigenvalue weighted by Crippen LogP contribution is 2.77. The van der Waals surface area contributed by atoms with E-state index < -0.39 is 21.7 Å². The number of nitrogens with zero attached hydrogens (tertiary/aromatic N) is 2. The molecule has 0 amide bonds. The van der Waals surface area contributed by atoms with Crippen molar-refractivity contribution in [3.05, 3.63) is 348 Å². The predicted octanol–water partition coefficient (Wildman–Crippen LogP) is 28.7. The average Bonchev–Trinajstić information content (AvgIpc) is 1.45. The standard InChI is InChI=1S/C104H80N2/c1-99(2,3)103(83-39-21-17-35-77(83)97-75-33-13-11-31-73(75)91(59-87(97)103)105(67-49-53-71-69-29-15-19-37-81(69)101(7,8)85(71)57-67)89-55-47-65-43-41-61-25-23-27-63-45-51-79(89)95(65)93(61)63)104(100(4,5)6)84-40-22-18-36-78(84)98-76-34-14-12-32-74(76)92(60-88(98)104)106(68-50-54-72-70-30-16-20-38-82(70)102(9,10)86(72)58-68)90-56-48-66-44-42-62-26-24-28-64-46-52-80(90)96(66)94(62)64/h11-60H,1-10H3. The van der Waals surface area contributed by atoms with E-state index >= 15 is 0 Å². The van der Waals surface area contributed by atoms with Gasteiger partial charge in [0.1, 0.15) is 0 Å².